The fourth-order valence-electron chi connectivity index (χ4n) is 2.71. The monoisotopic (exact) mass is 373 g/mol. The van der Waals surface area contributed by atoms with Gasteiger partial charge in [0.25, 0.3) is 0 Å². The third-order valence-electron chi connectivity index (χ3n) is 3.87. The Bertz CT molecular complexity index is 778. The SMILES string of the molecule is COC[C@@H]1CN(c2n[nH]c3cc(OCCCC(F)(F)F)ccc23)C(=O)O1. The first kappa shape index (κ1) is 18.3. The number of fused-ring (bicyclic) bond motifs is 1. The van der Waals surface area contributed by atoms with Crippen LogP contribution in [0.3, 0.4) is 0 Å². The summed E-state index contributed by atoms with van der Waals surface area (Å²) in [7, 11) is 1.52. The zero-order chi connectivity index (χ0) is 18.7. The number of hydrogen-bond donors (Lipinski definition) is 1. The number of nitrogens with one attached hydrogen (secondary N) is 1. The number of hydrogen-bond acceptors (Lipinski definition) is 5. The van der Waals surface area contributed by atoms with Crippen LogP contribution in [-0.2, 0) is 9.47 Å². The summed E-state index contributed by atoms with van der Waals surface area (Å²) >= 11 is 0. The first-order valence-electron chi connectivity index (χ1n) is 8.02. The highest BCUT2D eigenvalue weighted by atomic mass is 19.4. The lowest BCUT2D eigenvalue weighted by Crippen LogP contribution is -2.26. The number of aromatic nitrogens is 2. The van der Waals surface area contributed by atoms with Gasteiger partial charge in [-0.05, 0) is 18.6 Å². The van der Waals surface area contributed by atoms with Gasteiger partial charge in [0.05, 0.1) is 25.3 Å². The number of rotatable bonds is 7. The molecule has 142 valence electrons. The number of methoxy groups -OCH3 is 1. The van der Waals surface area contributed by atoms with Gasteiger partial charge in [0.15, 0.2) is 5.82 Å². The zero-order valence-electron chi connectivity index (χ0n) is 14.0. The van der Waals surface area contributed by atoms with E-state index in [0.29, 0.717) is 35.6 Å². The van der Waals surface area contributed by atoms with E-state index in [4.69, 9.17) is 14.2 Å². The Hall–Kier alpha value is -2.49. The molecule has 1 aliphatic heterocycles. The van der Waals surface area contributed by atoms with Crippen molar-refractivity contribution < 1.29 is 32.2 Å². The van der Waals surface area contributed by atoms with Crippen LogP contribution < -0.4 is 9.64 Å². The lowest BCUT2D eigenvalue weighted by atomic mass is 10.2. The lowest BCUT2D eigenvalue weighted by molar-refractivity contribution is -0.136. The summed E-state index contributed by atoms with van der Waals surface area (Å²) in [4.78, 5) is 13.4. The van der Waals surface area contributed by atoms with Crippen molar-refractivity contribution in [2.24, 2.45) is 0 Å². The maximum Gasteiger partial charge on any atom is 0.416 e. The maximum absolute atomic E-state index is 12.1. The minimum absolute atomic E-state index is 0.0385. The first-order chi connectivity index (χ1) is 12.4. The highest BCUT2D eigenvalue weighted by Gasteiger charge is 2.34. The minimum Gasteiger partial charge on any atom is -0.494 e. The molecule has 2 heterocycles. The van der Waals surface area contributed by atoms with Gasteiger partial charge in [-0.1, -0.05) is 0 Å². The molecular weight excluding hydrogens is 355 g/mol. The summed E-state index contributed by atoms with van der Waals surface area (Å²) < 4.78 is 51.9. The largest absolute Gasteiger partial charge is 0.494 e. The Morgan fingerprint density at radius 1 is 1.42 bits per heavy atom. The van der Waals surface area contributed by atoms with Crippen molar-refractivity contribution in [3.63, 3.8) is 0 Å². The van der Waals surface area contributed by atoms with Crippen LogP contribution in [0.2, 0.25) is 0 Å². The van der Waals surface area contributed by atoms with Crippen LogP contribution >= 0.6 is 0 Å². The van der Waals surface area contributed by atoms with Crippen LogP contribution in [0.15, 0.2) is 18.2 Å². The predicted molar refractivity (Wildman–Crippen MR) is 86.4 cm³/mol. The molecule has 1 fully saturated rings. The average Bonchev–Trinajstić information content (AvgIpc) is 3.14. The number of cyclic esters (lactones) is 1. The summed E-state index contributed by atoms with van der Waals surface area (Å²) in [5.41, 5.74) is 0.608. The molecule has 1 aromatic carbocycles. The molecule has 0 aliphatic carbocycles. The predicted octanol–water partition coefficient (Wildman–Crippen LogP) is 3.26. The van der Waals surface area contributed by atoms with Gasteiger partial charge < -0.3 is 14.2 Å². The number of aromatic amines is 1. The fourth-order valence-corrected chi connectivity index (χ4v) is 2.71. The van der Waals surface area contributed by atoms with Gasteiger partial charge in [0.1, 0.15) is 11.9 Å². The highest BCUT2D eigenvalue weighted by Crippen LogP contribution is 2.30. The Balaban J connectivity index is 1.67. The second-order valence-corrected chi connectivity index (χ2v) is 5.89. The Morgan fingerprint density at radius 2 is 2.23 bits per heavy atom. The van der Waals surface area contributed by atoms with Crippen molar-refractivity contribution >= 4 is 22.8 Å². The molecule has 1 atom stereocenters. The van der Waals surface area contributed by atoms with Gasteiger partial charge in [-0.2, -0.15) is 18.3 Å². The van der Waals surface area contributed by atoms with Crippen LogP contribution in [0.25, 0.3) is 10.9 Å². The van der Waals surface area contributed by atoms with Crippen molar-refractivity contribution in [3.05, 3.63) is 18.2 Å². The Labute approximate surface area is 147 Å². The van der Waals surface area contributed by atoms with Gasteiger partial charge in [-0.25, -0.2) is 4.79 Å². The van der Waals surface area contributed by atoms with E-state index in [2.05, 4.69) is 10.2 Å². The molecular formula is C16H18F3N3O4. The number of anilines is 1. The topological polar surface area (TPSA) is 76.7 Å². The molecule has 3 rings (SSSR count). The second-order valence-electron chi connectivity index (χ2n) is 5.89. The number of H-pyrrole nitrogens is 1. The van der Waals surface area contributed by atoms with Crippen LogP contribution in [-0.4, -0.2) is 55.4 Å². The first-order valence-corrected chi connectivity index (χ1v) is 8.02. The van der Waals surface area contributed by atoms with E-state index in [1.807, 2.05) is 0 Å². The van der Waals surface area contributed by atoms with Crippen LogP contribution in [0, 0.1) is 0 Å². The third kappa shape index (κ3) is 4.18. The number of benzene rings is 1. The van der Waals surface area contributed by atoms with E-state index < -0.39 is 18.7 Å². The smallest absolute Gasteiger partial charge is 0.416 e. The van der Waals surface area contributed by atoms with Crippen LogP contribution in [0.4, 0.5) is 23.8 Å². The molecule has 1 aromatic heterocycles. The molecule has 1 N–H and O–H groups in total. The number of alkyl halides is 3. The van der Waals surface area contributed by atoms with E-state index in [1.165, 1.54) is 12.0 Å². The van der Waals surface area contributed by atoms with Crippen molar-refractivity contribution in [1.29, 1.82) is 0 Å². The number of nitrogens with zero attached hydrogens (tertiary/aromatic N) is 2. The molecule has 0 radical (unpaired) electrons. The summed E-state index contributed by atoms with van der Waals surface area (Å²) in [6, 6.07) is 4.96. The lowest BCUT2D eigenvalue weighted by Gasteiger charge is -2.10. The third-order valence-corrected chi connectivity index (χ3v) is 3.87. The van der Waals surface area contributed by atoms with Gasteiger partial charge in [0.2, 0.25) is 0 Å². The Kier molecular flexibility index (Phi) is 5.21. The number of halogens is 3. The summed E-state index contributed by atoms with van der Waals surface area (Å²) in [5.74, 6) is 0.850. The quantitative estimate of drug-likeness (QED) is 0.754. The van der Waals surface area contributed by atoms with Crippen molar-refractivity contribution in [1.82, 2.24) is 10.2 Å². The molecule has 0 spiro atoms. The molecule has 0 saturated carbocycles. The molecule has 1 amide bonds. The van der Waals surface area contributed by atoms with Crippen molar-refractivity contribution in [2.45, 2.75) is 25.1 Å². The molecule has 2 aromatic rings. The molecule has 0 bridgehead atoms. The van der Waals surface area contributed by atoms with Crippen LogP contribution in [0.1, 0.15) is 12.8 Å². The minimum atomic E-state index is -4.18. The normalized spacial score (nSPS) is 17.8. The number of carbonyl (C=O) groups is 1. The van der Waals surface area contributed by atoms with Crippen molar-refractivity contribution in [3.8, 4) is 5.75 Å². The van der Waals surface area contributed by atoms with Gasteiger partial charge in [-0.3, -0.25) is 10.00 Å². The molecule has 1 saturated heterocycles. The molecule has 26 heavy (non-hydrogen) atoms. The summed E-state index contributed by atoms with van der Waals surface area (Å²) in [5, 5.41) is 7.63. The summed E-state index contributed by atoms with van der Waals surface area (Å²) in [6.45, 7) is 0.575. The number of amides is 1. The van der Waals surface area contributed by atoms with E-state index in [9.17, 15) is 18.0 Å². The maximum atomic E-state index is 12.1. The van der Waals surface area contributed by atoms with Crippen LogP contribution in [0.5, 0.6) is 5.75 Å². The van der Waals surface area contributed by atoms with Gasteiger partial charge in [-0.15, -0.1) is 0 Å². The zero-order valence-corrected chi connectivity index (χ0v) is 14.0. The van der Waals surface area contributed by atoms with E-state index in [-0.39, 0.29) is 19.1 Å². The summed E-state index contributed by atoms with van der Waals surface area (Å²) in [6.07, 6.45) is -6.06. The molecule has 0 unspecified atom stereocenters. The molecule has 10 heteroatoms. The molecule has 7 nitrogen and oxygen atoms in total. The molecule has 1 aliphatic rings. The highest BCUT2D eigenvalue weighted by molar-refractivity contribution is 6.00. The van der Waals surface area contributed by atoms with E-state index >= 15 is 0 Å². The average molecular weight is 373 g/mol. The van der Waals surface area contributed by atoms with E-state index in [1.54, 1.807) is 18.2 Å². The van der Waals surface area contributed by atoms with Crippen molar-refractivity contribution in [2.75, 3.05) is 31.8 Å². The Morgan fingerprint density at radius 3 is 2.96 bits per heavy atom. The van der Waals surface area contributed by atoms with Gasteiger partial charge >= 0.3 is 12.3 Å². The fraction of sp³-hybridized carbons (Fsp3) is 0.500. The second kappa shape index (κ2) is 7.40. The number of carbonyl (C=O) groups excluding carboxylic acids is 1. The standard InChI is InChI=1S/C16H18F3N3O4/c1-24-9-11-8-22(15(23)26-11)14-12-4-3-10(7-13(12)20-21-14)25-6-2-5-16(17,18)19/h3-4,7,11H,2,5-6,8-9H2,1H3,(H,20,21)/t11-/m0/s1. The number of ether oxygens (including phenoxy) is 3. The van der Waals surface area contributed by atoms with E-state index in [0.717, 1.165) is 0 Å². The van der Waals surface area contributed by atoms with Gasteiger partial charge in [0, 0.05) is 25.0 Å².